The van der Waals surface area contributed by atoms with E-state index < -0.39 is 5.91 Å². The summed E-state index contributed by atoms with van der Waals surface area (Å²) in [5.74, 6) is -0.814. The summed E-state index contributed by atoms with van der Waals surface area (Å²) in [5, 5.41) is 9.23. The van der Waals surface area contributed by atoms with E-state index in [0.717, 1.165) is 0 Å². The van der Waals surface area contributed by atoms with Crippen molar-refractivity contribution in [2.24, 2.45) is 0 Å². The normalized spacial score (nSPS) is 10.9. The molecule has 0 saturated carbocycles. The molecule has 164 valence electrons. The van der Waals surface area contributed by atoms with Crippen LogP contribution in [-0.2, 0) is 22.5 Å². The summed E-state index contributed by atoms with van der Waals surface area (Å²) in [6.07, 6.45) is 3.39. The van der Waals surface area contributed by atoms with E-state index in [2.05, 4.69) is 15.4 Å². The van der Waals surface area contributed by atoms with Gasteiger partial charge in [-0.05, 0) is 26.0 Å². The number of carbonyl (C=O) groups is 2. The van der Waals surface area contributed by atoms with Crippen LogP contribution in [0.25, 0.3) is 16.9 Å². The second-order valence-corrected chi connectivity index (χ2v) is 7.76. The molecule has 0 aliphatic carbocycles. The first-order valence-corrected chi connectivity index (χ1v) is 11.0. The van der Waals surface area contributed by atoms with Crippen LogP contribution in [0.5, 0.6) is 0 Å². The fraction of sp³-hybridized carbons (Fsp3) is 0.227. The van der Waals surface area contributed by atoms with Crippen molar-refractivity contribution in [2.45, 2.75) is 26.8 Å². The number of thiazole rings is 1. The lowest BCUT2D eigenvalue weighted by Crippen LogP contribution is -2.17. The Morgan fingerprint density at radius 1 is 1.16 bits per heavy atom. The van der Waals surface area contributed by atoms with E-state index in [1.807, 2.05) is 25.1 Å². The van der Waals surface area contributed by atoms with Crippen molar-refractivity contribution in [3.63, 3.8) is 0 Å². The lowest BCUT2D eigenvalue weighted by molar-refractivity contribution is -0.142. The van der Waals surface area contributed by atoms with Gasteiger partial charge in [0.2, 0.25) is 0 Å². The zero-order valence-electron chi connectivity index (χ0n) is 17.6. The number of ether oxygens (including phenoxy) is 1. The van der Waals surface area contributed by atoms with Crippen molar-refractivity contribution >= 4 is 28.3 Å². The number of aromatic nitrogens is 4. The van der Waals surface area contributed by atoms with Gasteiger partial charge < -0.3 is 9.30 Å². The van der Waals surface area contributed by atoms with E-state index in [0.29, 0.717) is 40.9 Å². The van der Waals surface area contributed by atoms with Gasteiger partial charge in [-0.3, -0.25) is 19.7 Å². The zero-order valence-corrected chi connectivity index (χ0v) is 18.4. The SMILES string of the molecule is CCOC(=O)Cc1csc(NC(=O)c2cn(CC)cc3c(=O)n(-c4ccccc4)nc2-3)n1. The maximum absolute atomic E-state index is 13.1. The van der Waals surface area contributed by atoms with Crippen LogP contribution in [0.15, 0.2) is 52.9 Å². The van der Waals surface area contributed by atoms with E-state index in [9.17, 15) is 14.4 Å². The number of fused-ring (bicyclic) bond motifs is 1. The molecule has 1 aromatic heterocycles. The summed E-state index contributed by atoms with van der Waals surface area (Å²) >= 11 is 1.21. The van der Waals surface area contributed by atoms with Crippen LogP contribution in [0, 0.1) is 0 Å². The third kappa shape index (κ3) is 4.30. The highest BCUT2D eigenvalue weighted by Gasteiger charge is 2.25. The maximum atomic E-state index is 13.1. The van der Waals surface area contributed by atoms with Crippen molar-refractivity contribution in [1.29, 1.82) is 0 Å². The molecular formula is C22H21N5O4S. The first kappa shape index (κ1) is 21.4. The first-order valence-electron chi connectivity index (χ1n) is 10.1. The molecule has 0 bridgehead atoms. The number of rotatable bonds is 7. The van der Waals surface area contributed by atoms with Crippen LogP contribution in [0.1, 0.15) is 29.9 Å². The van der Waals surface area contributed by atoms with E-state index in [1.54, 1.807) is 41.4 Å². The van der Waals surface area contributed by atoms with E-state index in [1.165, 1.54) is 16.0 Å². The second kappa shape index (κ2) is 9.15. The van der Waals surface area contributed by atoms with Gasteiger partial charge >= 0.3 is 5.97 Å². The molecule has 9 nitrogen and oxygen atoms in total. The zero-order chi connectivity index (χ0) is 22.7. The van der Waals surface area contributed by atoms with Crippen molar-refractivity contribution in [3.05, 3.63) is 69.7 Å². The quantitative estimate of drug-likeness (QED) is 0.433. The van der Waals surface area contributed by atoms with E-state index in [-0.39, 0.29) is 23.5 Å². The third-order valence-corrected chi connectivity index (χ3v) is 5.54. The van der Waals surface area contributed by atoms with Crippen molar-refractivity contribution in [3.8, 4) is 16.9 Å². The largest absolute Gasteiger partial charge is 0.466 e. The summed E-state index contributed by atoms with van der Waals surface area (Å²) in [6, 6.07) is 9.04. The molecule has 3 heterocycles. The summed E-state index contributed by atoms with van der Waals surface area (Å²) in [7, 11) is 0. The van der Waals surface area contributed by atoms with Crippen LogP contribution in [-0.4, -0.2) is 37.8 Å². The number of nitrogens with zero attached hydrogens (tertiary/aromatic N) is 4. The summed E-state index contributed by atoms with van der Waals surface area (Å²) in [6.45, 7) is 4.53. The standard InChI is InChI=1S/C22H21N5O4S/c1-3-26-11-16(20(29)24-22-23-14(13-32-22)10-18(28)31-4-2)19-17(12-26)21(30)27(25-19)15-8-6-5-7-9-15/h5-9,11-13H,3-4,10H2,1-2H3,(H,23,24,29). The van der Waals surface area contributed by atoms with Crippen LogP contribution >= 0.6 is 11.3 Å². The van der Waals surface area contributed by atoms with Crippen molar-refractivity contribution < 1.29 is 14.3 Å². The Morgan fingerprint density at radius 2 is 1.94 bits per heavy atom. The number of esters is 1. The Morgan fingerprint density at radius 3 is 2.66 bits per heavy atom. The molecule has 2 aromatic rings. The number of hydrogen-bond donors (Lipinski definition) is 1. The lowest BCUT2D eigenvalue weighted by Gasteiger charge is -2.10. The molecule has 2 aliphatic rings. The molecule has 32 heavy (non-hydrogen) atoms. The fourth-order valence-corrected chi connectivity index (χ4v) is 3.93. The highest BCUT2D eigenvalue weighted by molar-refractivity contribution is 7.14. The molecule has 0 fully saturated rings. The number of nitrogens with one attached hydrogen (secondary N) is 1. The van der Waals surface area contributed by atoms with Gasteiger partial charge in [-0.1, -0.05) is 18.2 Å². The minimum Gasteiger partial charge on any atom is -0.466 e. The highest BCUT2D eigenvalue weighted by atomic mass is 32.1. The molecule has 0 spiro atoms. The van der Waals surface area contributed by atoms with Crippen molar-refractivity contribution in [1.82, 2.24) is 19.3 Å². The summed E-state index contributed by atoms with van der Waals surface area (Å²) in [5.41, 5.74) is 1.76. The fourth-order valence-electron chi connectivity index (χ4n) is 3.22. The summed E-state index contributed by atoms with van der Waals surface area (Å²) in [4.78, 5) is 42.0. The van der Waals surface area contributed by atoms with Gasteiger partial charge in [-0.25, -0.2) is 4.98 Å². The Hall–Kier alpha value is -3.79. The number of pyridine rings is 1. The number of carbonyl (C=O) groups excluding carboxylic acids is 2. The molecule has 1 N–H and O–H groups in total. The molecule has 10 heteroatoms. The number of hydrogen-bond acceptors (Lipinski definition) is 7. The first-order chi connectivity index (χ1) is 15.5. The average molecular weight is 452 g/mol. The lowest BCUT2D eigenvalue weighted by atomic mass is 10.1. The number of anilines is 1. The Kier molecular flexibility index (Phi) is 6.13. The van der Waals surface area contributed by atoms with Gasteiger partial charge in [-0.2, -0.15) is 9.78 Å². The van der Waals surface area contributed by atoms with Gasteiger partial charge in [0, 0.05) is 24.3 Å². The van der Waals surface area contributed by atoms with Gasteiger partial charge in [0.25, 0.3) is 11.5 Å². The number of amides is 1. The highest BCUT2D eigenvalue weighted by Crippen LogP contribution is 2.24. The molecular weight excluding hydrogens is 430 g/mol. The number of aryl methyl sites for hydroxylation is 1. The molecule has 0 atom stereocenters. The number of benzene rings is 1. The Balaban J connectivity index is 1.66. The molecule has 0 radical (unpaired) electrons. The monoisotopic (exact) mass is 451 g/mol. The summed E-state index contributed by atoms with van der Waals surface area (Å²) < 4.78 is 7.99. The molecule has 1 aromatic carbocycles. The molecule has 4 rings (SSSR count). The molecule has 0 unspecified atom stereocenters. The maximum Gasteiger partial charge on any atom is 0.311 e. The molecule has 1 amide bonds. The minimum atomic E-state index is -0.437. The van der Waals surface area contributed by atoms with E-state index >= 15 is 0 Å². The second-order valence-electron chi connectivity index (χ2n) is 6.90. The van der Waals surface area contributed by atoms with Crippen LogP contribution < -0.4 is 10.9 Å². The smallest absolute Gasteiger partial charge is 0.311 e. The molecule has 2 aliphatic heterocycles. The van der Waals surface area contributed by atoms with E-state index in [4.69, 9.17) is 4.74 Å². The van der Waals surface area contributed by atoms with Gasteiger partial charge in [0.15, 0.2) is 5.13 Å². The van der Waals surface area contributed by atoms with Crippen LogP contribution in [0.2, 0.25) is 0 Å². The Labute approximate surface area is 187 Å². The number of para-hydroxylation sites is 1. The van der Waals surface area contributed by atoms with Gasteiger partial charge in [-0.15, -0.1) is 11.3 Å². The third-order valence-electron chi connectivity index (χ3n) is 4.74. The topological polar surface area (TPSA) is 108 Å². The predicted molar refractivity (Wildman–Crippen MR) is 121 cm³/mol. The minimum absolute atomic E-state index is 0.0344. The van der Waals surface area contributed by atoms with Crippen LogP contribution in [0.3, 0.4) is 0 Å². The van der Waals surface area contributed by atoms with Crippen LogP contribution in [0.4, 0.5) is 5.13 Å². The Bertz CT molecular complexity index is 1290. The predicted octanol–water partition coefficient (Wildman–Crippen LogP) is 2.97. The van der Waals surface area contributed by atoms with Gasteiger partial charge in [0.1, 0.15) is 5.69 Å². The molecule has 0 saturated heterocycles. The average Bonchev–Trinajstić information content (AvgIpc) is 3.37. The van der Waals surface area contributed by atoms with Crippen molar-refractivity contribution in [2.75, 3.05) is 11.9 Å². The van der Waals surface area contributed by atoms with Gasteiger partial charge in [0.05, 0.1) is 35.5 Å².